The molecule has 5 aromatic rings. The van der Waals surface area contributed by atoms with Crippen LogP contribution in [-0.4, -0.2) is 29.5 Å². The number of aromatic nitrogens is 6. The van der Waals surface area contributed by atoms with Gasteiger partial charge in [0.2, 0.25) is 5.67 Å². The highest BCUT2D eigenvalue weighted by Gasteiger charge is 2.41. The molecule has 35 heavy (non-hydrogen) atoms. The predicted octanol–water partition coefficient (Wildman–Crippen LogP) is 4.02. The molecule has 4 aromatic heterocycles. The third-order valence-corrected chi connectivity index (χ3v) is 6.22. The molecular weight excluding hydrogens is 467 g/mol. The molecule has 0 saturated heterocycles. The summed E-state index contributed by atoms with van der Waals surface area (Å²) >= 11 is 6.07. The van der Waals surface area contributed by atoms with Gasteiger partial charge in [-0.1, -0.05) is 40.9 Å². The number of halogens is 2. The van der Waals surface area contributed by atoms with Crippen molar-refractivity contribution >= 4 is 22.5 Å². The molecule has 0 aliphatic rings. The van der Waals surface area contributed by atoms with E-state index in [2.05, 4.69) is 26.2 Å². The Morgan fingerprint density at radius 1 is 1.09 bits per heavy atom. The van der Waals surface area contributed by atoms with Crippen LogP contribution in [0, 0.1) is 12.3 Å². The topological polar surface area (TPSA) is 78.5 Å². The van der Waals surface area contributed by atoms with Crippen LogP contribution in [0.25, 0.3) is 22.2 Å². The number of hydrogen-bond acceptors (Lipinski definition) is 5. The minimum absolute atomic E-state index is 0.0886. The summed E-state index contributed by atoms with van der Waals surface area (Å²) in [7, 11) is 3.24. The van der Waals surface area contributed by atoms with Crippen LogP contribution in [0.5, 0.6) is 0 Å². The normalized spacial score (nSPS) is 12.9. The first kappa shape index (κ1) is 22.4. The molecular formula is C26H18ClFN6O. The maximum absolute atomic E-state index is 17.3. The van der Waals surface area contributed by atoms with Crippen molar-refractivity contribution < 1.29 is 4.39 Å². The Morgan fingerprint density at radius 3 is 2.54 bits per heavy atom. The van der Waals surface area contributed by atoms with Gasteiger partial charge < -0.3 is 4.57 Å². The summed E-state index contributed by atoms with van der Waals surface area (Å²) in [4.78, 5) is 21.6. The Balaban J connectivity index is 1.84. The number of nitrogens with zero attached hydrogens (tertiary/aromatic N) is 6. The molecule has 0 fully saturated rings. The Morgan fingerprint density at radius 2 is 1.86 bits per heavy atom. The molecule has 5 rings (SSSR count). The second-order valence-electron chi connectivity index (χ2n) is 8.00. The number of aryl methyl sites for hydroxylation is 2. The van der Waals surface area contributed by atoms with E-state index in [0.29, 0.717) is 38.4 Å². The Bertz CT molecular complexity index is 1690. The number of terminal acetylenes is 1. The monoisotopic (exact) mass is 484 g/mol. The number of fused-ring (bicyclic) bond motifs is 1. The van der Waals surface area contributed by atoms with Crippen LogP contribution in [0.1, 0.15) is 22.6 Å². The standard InChI is InChI=1S/C26H18ClFN6O/c1-4-18-6-5-7-21(31-18)19-13-25(35)33(2)22-14-29-23(12-20(19)22)26(28,24-15-30-32-34(24)3)16-8-10-17(27)11-9-16/h1,5-15H,2-3H3/t26-/m1/s1. The molecule has 0 spiro atoms. The predicted molar refractivity (Wildman–Crippen MR) is 132 cm³/mol. The van der Waals surface area contributed by atoms with Crippen molar-refractivity contribution in [1.82, 2.24) is 29.5 Å². The summed E-state index contributed by atoms with van der Waals surface area (Å²) < 4.78 is 20.1. The zero-order valence-electron chi connectivity index (χ0n) is 18.8. The van der Waals surface area contributed by atoms with Crippen molar-refractivity contribution in [3.8, 4) is 23.6 Å². The Kier molecular flexibility index (Phi) is 5.42. The summed E-state index contributed by atoms with van der Waals surface area (Å²) in [6, 6.07) is 14.7. The molecule has 0 saturated carbocycles. The molecule has 0 aliphatic carbocycles. The number of hydrogen-bond donors (Lipinski definition) is 0. The van der Waals surface area contributed by atoms with Gasteiger partial charge in [-0.3, -0.25) is 9.78 Å². The zero-order chi connectivity index (χ0) is 24.7. The van der Waals surface area contributed by atoms with Gasteiger partial charge in [-0.15, -0.1) is 11.5 Å². The van der Waals surface area contributed by atoms with Gasteiger partial charge in [0.25, 0.3) is 5.56 Å². The lowest BCUT2D eigenvalue weighted by atomic mass is 9.87. The average molecular weight is 485 g/mol. The summed E-state index contributed by atoms with van der Waals surface area (Å²) in [5.41, 5.74) is 0.0725. The van der Waals surface area contributed by atoms with Crippen LogP contribution in [0.2, 0.25) is 5.02 Å². The van der Waals surface area contributed by atoms with Crippen LogP contribution >= 0.6 is 11.6 Å². The van der Waals surface area contributed by atoms with Crippen molar-refractivity contribution in [3.63, 3.8) is 0 Å². The molecule has 1 atom stereocenters. The molecule has 172 valence electrons. The van der Waals surface area contributed by atoms with Crippen molar-refractivity contribution in [3.05, 3.63) is 105 Å². The van der Waals surface area contributed by atoms with Gasteiger partial charge in [0.1, 0.15) is 11.4 Å². The third-order valence-electron chi connectivity index (χ3n) is 5.97. The maximum atomic E-state index is 17.3. The lowest BCUT2D eigenvalue weighted by Crippen LogP contribution is -2.28. The molecule has 0 aliphatic heterocycles. The quantitative estimate of drug-likeness (QED) is 0.360. The van der Waals surface area contributed by atoms with Crippen molar-refractivity contribution in [1.29, 1.82) is 0 Å². The molecule has 4 heterocycles. The fraction of sp³-hybridized carbons (Fsp3) is 0.115. The summed E-state index contributed by atoms with van der Waals surface area (Å²) in [5.74, 6) is 2.50. The zero-order valence-corrected chi connectivity index (χ0v) is 19.5. The second-order valence-corrected chi connectivity index (χ2v) is 8.44. The van der Waals surface area contributed by atoms with Gasteiger partial charge in [-0.2, -0.15) is 0 Å². The first-order chi connectivity index (χ1) is 16.8. The first-order valence-electron chi connectivity index (χ1n) is 10.6. The molecule has 0 bridgehead atoms. The van der Waals surface area contributed by atoms with E-state index in [1.807, 2.05) is 0 Å². The largest absolute Gasteiger partial charge is 0.310 e. The van der Waals surface area contributed by atoms with E-state index in [-0.39, 0.29) is 16.9 Å². The van der Waals surface area contributed by atoms with Gasteiger partial charge in [0.05, 0.1) is 29.3 Å². The highest BCUT2D eigenvalue weighted by atomic mass is 35.5. The van der Waals surface area contributed by atoms with E-state index in [0.717, 1.165) is 0 Å². The molecule has 0 unspecified atom stereocenters. The van der Waals surface area contributed by atoms with E-state index < -0.39 is 5.67 Å². The van der Waals surface area contributed by atoms with E-state index in [4.69, 9.17) is 18.0 Å². The SMILES string of the molecule is C#Cc1cccc(-c2cc(=O)n(C)c3cnc([C@](F)(c4ccc(Cl)cc4)c4cnnn4C)cc23)n1. The van der Waals surface area contributed by atoms with Gasteiger partial charge in [0, 0.05) is 41.7 Å². The summed E-state index contributed by atoms with van der Waals surface area (Å²) in [5, 5.41) is 8.86. The number of pyridine rings is 3. The van der Waals surface area contributed by atoms with E-state index in [1.54, 1.807) is 62.6 Å². The lowest BCUT2D eigenvalue weighted by molar-refractivity contribution is 0.257. The van der Waals surface area contributed by atoms with E-state index in [9.17, 15) is 4.79 Å². The number of alkyl halides is 1. The lowest BCUT2D eigenvalue weighted by Gasteiger charge is -2.26. The van der Waals surface area contributed by atoms with Crippen LogP contribution in [0.15, 0.2) is 71.8 Å². The minimum Gasteiger partial charge on any atom is -0.310 e. The Hall–Kier alpha value is -4.35. The van der Waals surface area contributed by atoms with Crippen LogP contribution in [0.3, 0.4) is 0 Å². The first-order valence-corrected chi connectivity index (χ1v) is 10.9. The summed E-state index contributed by atoms with van der Waals surface area (Å²) in [6.07, 6.45) is 8.37. The van der Waals surface area contributed by atoms with Gasteiger partial charge in [0.15, 0.2) is 0 Å². The molecule has 0 amide bonds. The number of rotatable bonds is 4. The van der Waals surface area contributed by atoms with Crippen LogP contribution in [-0.2, 0) is 19.8 Å². The van der Waals surface area contributed by atoms with Gasteiger partial charge in [-0.25, -0.2) is 14.1 Å². The van der Waals surface area contributed by atoms with Crippen molar-refractivity contribution in [2.45, 2.75) is 5.67 Å². The van der Waals surface area contributed by atoms with Crippen LogP contribution < -0.4 is 5.56 Å². The smallest absolute Gasteiger partial charge is 0.251 e. The van der Waals surface area contributed by atoms with E-state index >= 15 is 4.39 Å². The molecule has 0 radical (unpaired) electrons. The van der Waals surface area contributed by atoms with Gasteiger partial charge in [-0.05, 0) is 30.3 Å². The van der Waals surface area contributed by atoms with Crippen LogP contribution in [0.4, 0.5) is 4.39 Å². The summed E-state index contributed by atoms with van der Waals surface area (Å²) in [6.45, 7) is 0. The second kappa shape index (κ2) is 8.46. The third kappa shape index (κ3) is 3.66. The van der Waals surface area contributed by atoms with Gasteiger partial charge >= 0.3 is 0 Å². The molecule has 7 nitrogen and oxygen atoms in total. The fourth-order valence-corrected chi connectivity index (χ4v) is 4.25. The molecule has 1 aromatic carbocycles. The molecule has 9 heteroatoms. The maximum Gasteiger partial charge on any atom is 0.251 e. The fourth-order valence-electron chi connectivity index (χ4n) is 4.12. The minimum atomic E-state index is -2.21. The Labute approximate surface area is 204 Å². The van der Waals surface area contributed by atoms with Crippen molar-refractivity contribution in [2.24, 2.45) is 14.1 Å². The average Bonchev–Trinajstić information content (AvgIpc) is 3.32. The number of benzene rings is 1. The highest BCUT2D eigenvalue weighted by Crippen LogP contribution is 2.41. The van der Waals surface area contributed by atoms with E-state index in [1.165, 1.54) is 27.7 Å². The highest BCUT2D eigenvalue weighted by molar-refractivity contribution is 6.30. The molecule has 0 N–H and O–H groups in total. The van der Waals surface area contributed by atoms with Crippen molar-refractivity contribution in [2.75, 3.05) is 0 Å².